The average molecular weight is 293 g/mol. The van der Waals surface area contributed by atoms with Crippen LogP contribution in [0.4, 0.5) is 0 Å². The standard InChI is InChI=1S/C11H19NO6S/c1-7-5-4-6-12(9(7)10(13)14)19(16,17)8(2)11(15)18-3/h7-9H,4-6H2,1-3H3,(H,13,14). The first-order valence-electron chi connectivity index (χ1n) is 6.04. The minimum absolute atomic E-state index is 0.116. The zero-order valence-corrected chi connectivity index (χ0v) is 12.0. The van der Waals surface area contributed by atoms with Gasteiger partial charge in [-0.1, -0.05) is 6.92 Å². The normalized spacial score (nSPS) is 26.7. The van der Waals surface area contributed by atoms with Crippen molar-refractivity contribution in [2.45, 2.75) is 38.0 Å². The Labute approximate surface area is 112 Å². The van der Waals surface area contributed by atoms with Crippen molar-refractivity contribution in [1.29, 1.82) is 0 Å². The number of hydrogen-bond donors (Lipinski definition) is 1. The molecule has 1 N–H and O–H groups in total. The lowest BCUT2D eigenvalue weighted by Gasteiger charge is -2.37. The zero-order chi connectivity index (χ0) is 14.8. The SMILES string of the molecule is COC(=O)C(C)S(=O)(=O)N1CCCC(C)C1C(=O)O. The molecule has 0 spiro atoms. The van der Waals surface area contributed by atoms with E-state index in [1.165, 1.54) is 6.92 Å². The van der Waals surface area contributed by atoms with E-state index in [1.54, 1.807) is 6.92 Å². The van der Waals surface area contributed by atoms with Crippen LogP contribution in [0, 0.1) is 5.92 Å². The second kappa shape index (κ2) is 5.87. The van der Waals surface area contributed by atoms with Crippen LogP contribution in [0.25, 0.3) is 0 Å². The fraction of sp³-hybridized carbons (Fsp3) is 0.818. The number of hydrogen-bond acceptors (Lipinski definition) is 5. The molecule has 0 saturated carbocycles. The highest BCUT2D eigenvalue weighted by molar-refractivity contribution is 7.90. The van der Waals surface area contributed by atoms with Gasteiger partial charge in [0, 0.05) is 6.54 Å². The van der Waals surface area contributed by atoms with E-state index in [9.17, 15) is 23.1 Å². The molecule has 1 heterocycles. The highest BCUT2D eigenvalue weighted by Gasteiger charge is 2.45. The van der Waals surface area contributed by atoms with Gasteiger partial charge in [0.05, 0.1) is 7.11 Å². The van der Waals surface area contributed by atoms with Crippen LogP contribution < -0.4 is 0 Å². The number of piperidine rings is 1. The molecule has 3 unspecified atom stereocenters. The number of aliphatic carboxylic acids is 1. The van der Waals surface area contributed by atoms with Gasteiger partial charge in [-0.2, -0.15) is 4.31 Å². The molecule has 19 heavy (non-hydrogen) atoms. The molecule has 0 aromatic rings. The van der Waals surface area contributed by atoms with Crippen molar-refractivity contribution in [2.24, 2.45) is 5.92 Å². The lowest BCUT2D eigenvalue weighted by Crippen LogP contribution is -2.55. The van der Waals surface area contributed by atoms with E-state index in [2.05, 4.69) is 4.74 Å². The number of sulfonamides is 1. The van der Waals surface area contributed by atoms with Crippen LogP contribution in [0.5, 0.6) is 0 Å². The Morgan fingerprint density at radius 2 is 2.00 bits per heavy atom. The van der Waals surface area contributed by atoms with E-state index in [0.29, 0.717) is 12.8 Å². The Kier molecular flexibility index (Phi) is 4.92. The smallest absolute Gasteiger partial charge is 0.325 e. The topological polar surface area (TPSA) is 101 Å². The molecule has 1 aliphatic heterocycles. The molecule has 8 heteroatoms. The molecule has 0 amide bonds. The molecule has 7 nitrogen and oxygen atoms in total. The van der Waals surface area contributed by atoms with Crippen LogP contribution in [0.3, 0.4) is 0 Å². The number of nitrogens with zero attached hydrogens (tertiary/aromatic N) is 1. The van der Waals surface area contributed by atoms with Gasteiger partial charge >= 0.3 is 11.9 Å². The maximum atomic E-state index is 12.3. The summed E-state index contributed by atoms with van der Waals surface area (Å²) in [6.07, 6.45) is 1.23. The summed E-state index contributed by atoms with van der Waals surface area (Å²) in [6.45, 7) is 3.02. The molecular weight excluding hydrogens is 274 g/mol. The number of carboxylic acids is 1. The zero-order valence-electron chi connectivity index (χ0n) is 11.2. The Morgan fingerprint density at radius 3 is 2.47 bits per heavy atom. The van der Waals surface area contributed by atoms with Crippen molar-refractivity contribution in [3.63, 3.8) is 0 Å². The Bertz CT molecular complexity index is 460. The van der Waals surface area contributed by atoms with E-state index >= 15 is 0 Å². The van der Waals surface area contributed by atoms with E-state index in [4.69, 9.17) is 0 Å². The lowest BCUT2D eigenvalue weighted by molar-refractivity contribution is -0.145. The van der Waals surface area contributed by atoms with E-state index in [0.717, 1.165) is 11.4 Å². The average Bonchev–Trinajstić information content (AvgIpc) is 2.35. The van der Waals surface area contributed by atoms with Crippen molar-refractivity contribution in [2.75, 3.05) is 13.7 Å². The van der Waals surface area contributed by atoms with E-state index in [-0.39, 0.29) is 12.5 Å². The molecule has 1 fully saturated rings. The van der Waals surface area contributed by atoms with Crippen molar-refractivity contribution in [1.82, 2.24) is 4.31 Å². The highest BCUT2D eigenvalue weighted by atomic mass is 32.2. The summed E-state index contributed by atoms with van der Waals surface area (Å²) in [7, 11) is -2.92. The molecule has 0 bridgehead atoms. The molecule has 3 atom stereocenters. The summed E-state index contributed by atoms with van der Waals surface area (Å²) in [5.74, 6) is -2.36. The maximum Gasteiger partial charge on any atom is 0.325 e. The van der Waals surface area contributed by atoms with Gasteiger partial charge in [-0.25, -0.2) is 8.42 Å². The third-order valence-corrected chi connectivity index (χ3v) is 5.60. The number of rotatable bonds is 4. The van der Waals surface area contributed by atoms with Gasteiger partial charge in [0.15, 0.2) is 5.25 Å². The first-order valence-corrected chi connectivity index (χ1v) is 7.55. The third-order valence-electron chi connectivity index (χ3n) is 3.45. The van der Waals surface area contributed by atoms with Gasteiger partial charge in [0.2, 0.25) is 10.0 Å². The van der Waals surface area contributed by atoms with Gasteiger partial charge in [-0.15, -0.1) is 0 Å². The molecule has 1 rings (SSSR count). The summed E-state index contributed by atoms with van der Waals surface area (Å²) < 4.78 is 30.0. The third kappa shape index (κ3) is 3.06. The Morgan fingerprint density at radius 1 is 1.42 bits per heavy atom. The predicted molar refractivity (Wildman–Crippen MR) is 66.9 cm³/mol. The number of ether oxygens (including phenoxy) is 1. The largest absolute Gasteiger partial charge is 0.480 e. The van der Waals surface area contributed by atoms with Gasteiger partial charge in [-0.3, -0.25) is 9.59 Å². The number of methoxy groups -OCH3 is 1. The van der Waals surface area contributed by atoms with Gasteiger partial charge in [0.1, 0.15) is 6.04 Å². The molecule has 1 saturated heterocycles. The van der Waals surface area contributed by atoms with Crippen molar-refractivity contribution >= 4 is 22.0 Å². The van der Waals surface area contributed by atoms with Gasteiger partial charge < -0.3 is 9.84 Å². The molecule has 0 aromatic carbocycles. The quantitative estimate of drug-likeness (QED) is 0.736. The van der Waals surface area contributed by atoms with Crippen LogP contribution in [-0.2, 0) is 24.3 Å². The number of carbonyl (C=O) groups excluding carboxylic acids is 1. The summed E-state index contributed by atoms with van der Waals surface area (Å²) in [5, 5.41) is 7.80. The van der Waals surface area contributed by atoms with Crippen molar-refractivity contribution in [3.8, 4) is 0 Å². The van der Waals surface area contributed by atoms with Crippen LogP contribution in [0.2, 0.25) is 0 Å². The number of carboxylic acid groups (broad SMARTS) is 1. The van der Waals surface area contributed by atoms with Crippen LogP contribution in [-0.4, -0.2) is 54.7 Å². The van der Waals surface area contributed by atoms with E-state index < -0.39 is 33.3 Å². The van der Waals surface area contributed by atoms with Crippen molar-refractivity contribution in [3.05, 3.63) is 0 Å². The first-order chi connectivity index (χ1) is 8.73. The second-order valence-corrected chi connectivity index (χ2v) is 6.93. The molecule has 110 valence electrons. The Balaban J connectivity index is 3.10. The van der Waals surface area contributed by atoms with Crippen LogP contribution >= 0.6 is 0 Å². The van der Waals surface area contributed by atoms with Gasteiger partial charge in [-0.05, 0) is 25.7 Å². The maximum absolute atomic E-state index is 12.3. The highest BCUT2D eigenvalue weighted by Crippen LogP contribution is 2.28. The minimum atomic E-state index is -4.02. The molecule has 1 aliphatic rings. The molecular formula is C11H19NO6S. The van der Waals surface area contributed by atoms with Gasteiger partial charge in [0.25, 0.3) is 0 Å². The summed E-state index contributed by atoms with van der Waals surface area (Å²) >= 11 is 0. The monoisotopic (exact) mass is 293 g/mol. The minimum Gasteiger partial charge on any atom is -0.480 e. The van der Waals surface area contributed by atoms with Crippen LogP contribution in [0.1, 0.15) is 26.7 Å². The second-order valence-electron chi connectivity index (χ2n) is 4.72. The first kappa shape index (κ1) is 15.9. The molecule has 0 aromatic heterocycles. The number of esters is 1. The molecule has 0 aliphatic carbocycles. The van der Waals surface area contributed by atoms with Crippen LogP contribution in [0.15, 0.2) is 0 Å². The summed E-state index contributed by atoms with van der Waals surface area (Å²) in [4.78, 5) is 22.6. The predicted octanol–water partition coefficient (Wildman–Crippen LogP) is 0.0628. The molecule has 0 radical (unpaired) electrons. The lowest BCUT2D eigenvalue weighted by atomic mass is 9.93. The van der Waals surface area contributed by atoms with Crippen molar-refractivity contribution < 1.29 is 27.9 Å². The Hall–Kier alpha value is -1.15. The fourth-order valence-corrected chi connectivity index (χ4v) is 4.04. The number of carbonyl (C=O) groups is 2. The summed E-state index contributed by atoms with van der Waals surface area (Å²) in [6, 6.07) is -1.12. The fourth-order valence-electron chi connectivity index (χ4n) is 2.29. The summed E-state index contributed by atoms with van der Waals surface area (Å²) in [5.41, 5.74) is 0. The van der Waals surface area contributed by atoms with E-state index in [1.807, 2.05) is 0 Å².